The molecule has 0 aromatic heterocycles. The van der Waals surface area contributed by atoms with Gasteiger partial charge in [-0.2, -0.15) is 0 Å². The number of non-ortho nitro benzene ring substituents is 1. The van der Waals surface area contributed by atoms with Crippen LogP contribution in [0.4, 0.5) is 5.69 Å². The first kappa shape index (κ1) is 23.9. The van der Waals surface area contributed by atoms with Crippen molar-refractivity contribution in [2.75, 3.05) is 34.3 Å². The third-order valence-electron chi connectivity index (χ3n) is 5.63. The number of aliphatic hydroxyl groups is 1. The van der Waals surface area contributed by atoms with E-state index in [2.05, 4.69) is 0 Å². The minimum Gasteiger partial charge on any atom is -0.507 e. The van der Waals surface area contributed by atoms with Gasteiger partial charge in [0.25, 0.3) is 17.4 Å². The van der Waals surface area contributed by atoms with Gasteiger partial charge >= 0.3 is 0 Å². The maximum absolute atomic E-state index is 13.1. The molecule has 33 heavy (non-hydrogen) atoms. The molecule has 0 unspecified atom stereocenters. The summed E-state index contributed by atoms with van der Waals surface area (Å²) in [5.41, 5.74) is 1.19. The van der Waals surface area contributed by atoms with Crippen molar-refractivity contribution in [3.05, 3.63) is 74.8 Å². The van der Waals surface area contributed by atoms with E-state index in [1.807, 2.05) is 19.0 Å². The Kier molecular flexibility index (Phi) is 7.13. The molecule has 1 aliphatic heterocycles. The van der Waals surface area contributed by atoms with E-state index in [0.29, 0.717) is 35.4 Å². The van der Waals surface area contributed by atoms with Crippen molar-refractivity contribution in [1.82, 2.24) is 9.80 Å². The number of methoxy groups -OCH3 is 1. The molecule has 0 bridgehead atoms. The lowest BCUT2D eigenvalue weighted by atomic mass is 9.93. The van der Waals surface area contributed by atoms with Gasteiger partial charge in [-0.05, 0) is 63.3 Å². The van der Waals surface area contributed by atoms with Crippen molar-refractivity contribution in [1.29, 1.82) is 0 Å². The van der Waals surface area contributed by atoms with Gasteiger partial charge in [0.05, 0.1) is 23.6 Å². The molecule has 1 heterocycles. The van der Waals surface area contributed by atoms with E-state index in [9.17, 15) is 24.8 Å². The standard InChI is InChI=1S/C24H27N3O6/c1-15-13-18(33-4)9-10-19(15)22(28)20-21(16-7-5-8-17(14-16)27(31)32)26(24(30)23(20)29)12-6-11-25(2)3/h5,7-10,13-14,21,28H,6,11-12H2,1-4H3/t21-/m1/s1. The third-order valence-corrected chi connectivity index (χ3v) is 5.63. The average molecular weight is 453 g/mol. The fourth-order valence-corrected chi connectivity index (χ4v) is 4.00. The number of nitrogens with zero attached hydrogens (tertiary/aromatic N) is 3. The Morgan fingerprint density at radius 2 is 1.94 bits per heavy atom. The van der Waals surface area contributed by atoms with Crippen LogP contribution < -0.4 is 4.74 Å². The number of hydrogen-bond acceptors (Lipinski definition) is 7. The van der Waals surface area contributed by atoms with Gasteiger partial charge in [0.15, 0.2) is 0 Å². The number of Topliss-reactive ketones (excluding diaryl/α,β-unsaturated/α-hetero) is 1. The molecule has 1 atom stereocenters. The molecule has 1 fully saturated rings. The lowest BCUT2D eigenvalue weighted by Gasteiger charge is -2.26. The van der Waals surface area contributed by atoms with E-state index in [-0.39, 0.29) is 23.6 Å². The maximum Gasteiger partial charge on any atom is 0.295 e. The van der Waals surface area contributed by atoms with Gasteiger partial charge in [0.1, 0.15) is 11.5 Å². The highest BCUT2D eigenvalue weighted by molar-refractivity contribution is 6.46. The first-order valence-electron chi connectivity index (χ1n) is 10.5. The highest BCUT2D eigenvalue weighted by Gasteiger charge is 2.46. The summed E-state index contributed by atoms with van der Waals surface area (Å²) in [4.78, 5) is 40.2. The number of carbonyl (C=O) groups excluding carboxylic acids is 2. The van der Waals surface area contributed by atoms with E-state index >= 15 is 0 Å². The average Bonchev–Trinajstić information content (AvgIpc) is 3.03. The number of benzene rings is 2. The molecule has 2 aromatic rings. The summed E-state index contributed by atoms with van der Waals surface area (Å²) in [5.74, 6) is -1.29. The van der Waals surface area contributed by atoms with Crippen LogP contribution in [-0.4, -0.2) is 65.8 Å². The van der Waals surface area contributed by atoms with Crippen LogP contribution in [0.25, 0.3) is 5.76 Å². The Bertz CT molecular complexity index is 1120. The molecule has 174 valence electrons. The van der Waals surface area contributed by atoms with Crippen molar-refractivity contribution in [2.45, 2.75) is 19.4 Å². The van der Waals surface area contributed by atoms with E-state index in [4.69, 9.17) is 4.74 Å². The predicted molar refractivity (Wildman–Crippen MR) is 123 cm³/mol. The lowest BCUT2D eigenvalue weighted by Crippen LogP contribution is -2.32. The molecule has 9 heteroatoms. The number of aliphatic hydroxyl groups excluding tert-OH is 1. The molecular weight excluding hydrogens is 426 g/mol. The molecule has 2 aromatic carbocycles. The maximum atomic E-state index is 13.1. The van der Waals surface area contributed by atoms with Crippen LogP contribution in [0, 0.1) is 17.0 Å². The Balaban J connectivity index is 2.16. The van der Waals surface area contributed by atoms with Gasteiger partial charge in [0, 0.05) is 24.2 Å². The van der Waals surface area contributed by atoms with Gasteiger partial charge in [0.2, 0.25) is 0 Å². The number of ketones is 1. The number of carbonyl (C=O) groups is 2. The van der Waals surface area contributed by atoms with Crippen LogP contribution in [0.5, 0.6) is 5.75 Å². The van der Waals surface area contributed by atoms with Crippen molar-refractivity contribution in [3.8, 4) is 5.75 Å². The number of rotatable bonds is 8. The van der Waals surface area contributed by atoms with E-state index in [0.717, 1.165) is 0 Å². The van der Waals surface area contributed by atoms with Gasteiger partial charge < -0.3 is 19.6 Å². The third kappa shape index (κ3) is 4.88. The summed E-state index contributed by atoms with van der Waals surface area (Å²) in [6.07, 6.45) is 0.590. The molecule has 1 saturated heterocycles. The quantitative estimate of drug-likeness (QED) is 0.215. The Morgan fingerprint density at radius 3 is 2.55 bits per heavy atom. The van der Waals surface area contributed by atoms with Crippen LogP contribution >= 0.6 is 0 Å². The van der Waals surface area contributed by atoms with Crippen molar-refractivity contribution < 1.29 is 24.4 Å². The first-order valence-corrected chi connectivity index (χ1v) is 10.5. The monoisotopic (exact) mass is 453 g/mol. The van der Waals surface area contributed by atoms with Crippen molar-refractivity contribution in [2.24, 2.45) is 0 Å². The molecule has 1 N–H and O–H groups in total. The Morgan fingerprint density at radius 1 is 1.21 bits per heavy atom. The molecule has 0 saturated carbocycles. The van der Waals surface area contributed by atoms with Crippen molar-refractivity contribution >= 4 is 23.1 Å². The normalized spacial score (nSPS) is 17.6. The van der Waals surface area contributed by atoms with E-state index in [1.54, 1.807) is 31.2 Å². The van der Waals surface area contributed by atoms with Crippen LogP contribution in [0.2, 0.25) is 0 Å². The highest BCUT2D eigenvalue weighted by atomic mass is 16.6. The Labute approximate surface area is 192 Å². The topological polar surface area (TPSA) is 113 Å². The van der Waals surface area contributed by atoms with Crippen molar-refractivity contribution in [3.63, 3.8) is 0 Å². The zero-order valence-corrected chi connectivity index (χ0v) is 19.1. The van der Waals surface area contributed by atoms with E-state index < -0.39 is 22.7 Å². The summed E-state index contributed by atoms with van der Waals surface area (Å²) >= 11 is 0. The summed E-state index contributed by atoms with van der Waals surface area (Å²) in [5, 5.41) is 22.5. The number of amides is 1. The van der Waals surface area contributed by atoms with E-state index in [1.165, 1.54) is 30.2 Å². The second-order valence-electron chi connectivity index (χ2n) is 8.18. The molecule has 9 nitrogen and oxygen atoms in total. The van der Waals surface area contributed by atoms with Crippen LogP contribution in [-0.2, 0) is 9.59 Å². The van der Waals surface area contributed by atoms with Crippen LogP contribution in [0.3, 0.4) is 0 Å². The van der Waals surface area contributed by atoms with Crippen LogP contribution in [0.15, 0.2) is 48.0 Å². The number of ether oxygens (including phenoxy) is 1. The number of nitro benzene ring substituents is 1. The Hall–Kier alpha value is -3.72. The zero-order valence-electron chi connectivity index (χ0n) is 19.1. The van der Waals surface area contributed by atoms with Crippen LogP contribution in [0.1, 0.15) is 29.2 Å². The summed E-state index contributed by atoms with van der Waals surface area (Å²) < 4.78 is 5.21. The molecule has 0 spiro atoms. The van der Waals surface area contributed by atoms with Gasteiger partial charge in [-0.25, -0.2) is 0 Å². The smallest absolute Gasteiger partial charge is 0.295 e. The first-order chi connectivity index (χ1) is 15.6. The fourth-order valence-electron chi connectivity index (χ4n) is 4.00. The summed E-state index contributed by atoms with van der Waals surface area (Å²) in [7, 11) is 5.33. The molecule has 1 amide bonds. The zero-order chi connectivity index (χ0) is 24.3. The van der Waals surface area contributed by atoms with Gasteiger partial charge in [-0.3, -0.25) is 19.7 Å². The minimum absolute atomic E-state index is 0.0846. The lowest BCUT2D eigenvalue weighted by molar-refractivity contribution is -0.384. The molecular formula is C24H27N3O6. The van der Waals surface area contributed by atoms with Gasteiger partial charge in [-0.15, -0.1) is 0 Å². The second-order valence-corrected chi connectivity index (χ2v) is 8.18. The largest absolute Gasteiger partial charge is 0.507 e. The predicted octanol–water partition coefficient (Wildman–Crippen LogP) is 3.29. The highest BCUT2D eigenvalue weighted by Crippen LogP contribution is 2.41. The number of nitro groups is 1. The number of hydrogen-bond donors (Lipinski definition) is 1. The molecule has 3 rings (SSSR count). The fraction of sp³-hybridized carbons (Fsp3) is 0.333. The summed E-state index contributed by atoms with van der Waals surface area (Å²) in [6, 6.07) is 9.85. The molecule has 1 aliphatic rings. The molecule has 0 radical (unpaired) electrons. The summed E-state index contributed by atoms with van der Waals surface area (Å²) in [6.45, 7) is 2.70. The second kappa shape index (κ2) is 9.83. The number of likely N-dealkylation sites (tertiary alicyclic amines) is 1. The molecule has 0 aliphatic carbocycles. The SMILES string of the molecule is COc1ccc(C(O)=C2C(=O)C(=O)N(CCCN(C)C)[C@@H]2c2cccc([N+](=O)[O-])c2)c(C)c1. The minimum atomic E-state index is -0.937. The number of aryl methyl sites for hydroxylation is 1. The van der Waals surface area contributed by atoms with Gasteiger partial charge in [-0.1, -0.05) is 12.1 Å².